The number of carbonyl (C=O) groups excluding carboxylic acids is 1. The van der Waals surface area contributed by atoms with Crippen LogP contribution in [0.15, 0.2) is 0 Å². The fraction of sp³-hybridized carbons (Fsp3) is 0.900. The lowest BCUT2D eigenvalue weighted by molar-refractivity contribution is -0.135. The van der Waals surface area contributed by atoms with Crippen molar-refractivity contribution in [3.05, 3.63) is 0 Å². The second-order valence-corrected chi connectivity index (χ2v) is 4.05. The minimum atomic E-state index is -0.539. The van der Waals surface area contributed by atoms with Gasteiger partial charge in [0.1, 0.15) is 5.60 Å². The zero-order chi connectivity index (χ0) is 9.90. The van der Waals surface area contributed by atoms with Crippen LogP contribution < -0.4 is 0 Å². The first kappa shape index (κ1) is 10.7. The molecule has 1 unspecified atom stereocenters. The number of rotatable bonds is 3. The first-order valence-corrected chi connectivity index (χ1v) is 4.89. The SMILES string of the molecule is COC1(C=O)CCCN(C(C)C)C1. The molecule has 1 aliphatic heterocycles. The zero-order valence-corrected chi connectivity index (χ0v) is 8.75. The maximum atomic E-state index is 10.9. The Morgan fingerprint density at radius 1 is 1.54 bits per heavy atom. The van der Waals surface area contributed by atoms with E-state index >= 15 is 0 Å². The lowest BCUT2D eigenvalue weighted by atomic mass is 9.93. The number of piperidine rings is 1. The van der Waals surface area contributed by atoms with Crippen LogP contribution in [0.2, 0.25) is 0 Å². The number of hydrogen-bond acceptors (Lipinski definition) is 3. The number of carbonyl (C=O) groups is 1. The largest absolute Gasteiger partial charge is 0.369 e. The van der Waals surface area contributed by atoms with E-state index in [1.165, 1.54) is 0 Å². The van der Waals surface area contributed by atoms with Gasteiger partial charge in [0.2, 0.25) is 0 Å². The molecule has 13 heavy (non-hydrogen) atoms. The van der Waals surface area contributed by atoms with Crippen molar-refractivity contribution in [3.63, 3.8) is 0 Å². The Labute approximate surface area is 80.1 Å². The molecule has 0 amide bonds. The highest BCUT2D eigenvalue weighted by molar-refractivity contribution is 5.63. The molecular formula is C10H19NO2. The maximum absolute atomic E-state index is 10.9. The van der Waals surface area contributed by atoms with Gasteiger partial charge in [-0.25, -0.2) is 0 Å². The summed E-state index contributed by atoms with van der Waals surface area (Å²) in [4.78, 5) is 13.2. The summed E-state index contributed by atoms with van der Waals surface area (Å²) in [5.74, 6) is 0. The predicted molar refractivity (Wildman–Crippen MR) is 51.7 cm³/mol. The molecule has 0 spiro atoms. The summed E-state index contributed by atoms with van der Waals surface area (Å²) in [5.41, 5.74) is -0.539. The number of ether oxygens (including phenoxy) is 1. The molecule has 0 bridgehead atoms. The van der Waals surface area contributed by atoms with E-state index in [1.54, 1.807) is 7.11 Å². The summed E-state index contributed by atoms with van der Waals surface area (Å²) in [5, 5.41) is 0. The Hall–Kier alpha value is -0.410. The van der Waals surface area contributed by atoms with Crippen LogP contribution in [0.3, 0.4) is 0 Å². The third-order valence-corrected chi connectivity index (χ3v) is 2.87. The van der Waals surface area contributed by atoms with E-state index in [1.807, 2.05) is 0 Å². The second kappa shape index (κ2) is 4.20. The minimum Gasteiger partial charge on any atom is -0.369 e. The molecule has 0 radical (unpaired) electrons. The van der Waals surface area contributed by atoms with Crippen LogP contribution in [0.25, 0.3) is 0 Å². The summed E-state index contributed by atoms with van der Waals surface area (Å²) >= 11 is 0. The highest BCUT2D eigenvalue weighted by Crippen LogP contribution is 2.23. The van der Waals surface area contributed by atoms with Crippen molar-refractivity contribution in [1.82, 2.24) is 4.90 Å². The molecule has 3 nitrogen and oxygen atoms in total. The van der Waals surface area contributed by atoms with Gasteiger partial charge in [-0.1, -0.05) is 0 Å². The van der Waals surface area contributed by atoms with Gasteiger partial charge in [0.25, 0.3) is 0 Å². The molecular weight excluding hydrogens is 166 g/mol. The lowest BCUT2D eigenvalue weighted by Gasteiger charge is -2.40. The Morgan fingerprint density at radius 2 is 2.23 bits per heavy atom. The smallest absolute Gasteiger partial charge is 0.153 e. The van der Waals surface area contributed by atoms with E-state index < -0.39 is 5.60 Å². The molecule has 1 fully saturated rings. The molecule has 0 aliphatic carbocycles. The van der Waals surface area contributed by atoms with Gasteiger partial charge in [-0.2, -0.15) is 0 Å². The van der Waals surface area contributed by atoms with E-state index in [2.05, 4.69) is 18.7 Å². The van der Waals surface area contributed by atoms with Crippen LogP contribution in [0.4, 0.5) is 0 Å². The minimum absolute atomic E-state index is 0.495. The van der Waals surface area contributed by atoms with Gasteiger partial charge < -0.3 is 9.53 Å². The van der Waals surface area contributed by atoms with E-state index in [4.69, 9.17) is 4.74 Å². The van der Waals surface area contributed by atoms with Crippen LogP contribution >= 0.6 is 0 Å². The van der Waals surface area contributed by atoms with Gasteiger partial charge in [0, 0.05) is 19.7 Å². The third-order valence-electron chi connectivity index (χ3n) is 2.87. The Bertz CT molecular complexity index is 182. The Morgan fingerprint density at radius 3 is 2.69 bits per heavy atom. The molecule has 1 saturated heterocycles. The van der Waals surface area contributed by atoms with Crippen molar-refractivity contribution >= 4 is 6.29 Å². The van der Waals surface area contributed by atoms with Crippen molar-refractivity contribution in [3.8, 4) is 0 Å². The quantitative estimate of drug-likeness (QED) is 0.616. The first-order chi connectivity index (χ1) is 6.13. The molecule has 0 N–H and O–H groups in total. The highest BCUT2D eigenvalue weighted by atomic mass is 16.5. The van der Waals surface area contributed by atoms with E-state index in [0.29, 0.717) is 6.04 Å². The molecule has 0 aromatic heterocycles. The molecule has 76 valence electrons. The molecule has 1 rings (SSSR count). The predicted octanol–water partition coefficient (Wildman–Crippen LogP) is 1.07. The maximum Gasteiger partial charge on any atom is 0.153 e. The van der Waals surface area contributed by atoms with E-state index in [9.17, 15) is 4.79 Å². The molecule has 3 heteroatoms. The standard InChI is InChI=1S/C10H19NO2/c1-9(2)11-6-4-5-10(7-11,8-12)13-3/h8-9H,4-7H2,1-3H3. The summed E-state index contributed by atoms with van der Waals surface area (Å²) in [6.07, 6.45) is 2.86. The topological polar surface area (TPSA) is 29.5 Å². The summed E-state index contributed by atoms with van der Waals surface area (Å²) in [6, 6.07) is 0.495. The lowest BCUT2D eigenvalue weighted by Crippen LogP contribution is -2.52. The monoisotopic (exact) mass is 185 g/mol. The fourth-order valence-corrected chi connectivity index (χ4v) is 1.83. The molecule has 0 aromatic carbocycles. The van der Waals surface area contributed by atoms with Gasteiger partial charge in [0.05, 0.1) is 0 Å². The van der Waals surface area contributed by atoms with Crippen molar-refractivity contribution in [2.75, 3.05) is 20.2 Å². The Balaban J connectivity index is 2.63. The van der Waals surface area contributed by atoms with Crippen LogP contribution in [0, 0.1) is 0 Å². The van der Waals surface area contributed by atoms with Crippen LogP contribution in [-0.2, 0) is 9.53 Å². The van der Waals surface area contributed by atoms with Crippen LogP contribution in [-0.4, -0.2) is 43.0 Å². The number of hydrogen-bond donors (Lipinski definition) is 0. The molecule has 1 heterocycles. The zero-order valence-electron chi connectivity index (χ0n) is 8.75. The van der Waals surface area contributed by atoms with Gasteiger partial charge in [-0.3, -0.25) is 4.90 Å². The number of aldehydes is 1. The molecule has 1 aliphatic rings. The van der Waals surface area contributed by atoms with Crippen molar-refractivity contribution < 1.29 is 9.53 Å². The van der Waals surface area contributed by atoms with E-state index in [-0.39, 0.29) is 0 Å². The average Bonchev–Trinajstić information content (AvgIpc) is 2.18. The normalized spacial score (nSPS) is 30.8. The molecule has 1 atom stereocenters. The number of methoxy groups -OCH3 is 1. The van der Waals surface area contributed by atoms with Gasteiger partial charge in [-0.05, 0) is 33.2 Å². The average molecular weight is 185 g/mol. The fourth-order valence-electron chi connectivity index (χ4n) is 1.83. The van der Waals surface area contributed by atoms with Crippen molar-refractivity contribution in [2.24, 2.45) is 0 Å². The van der Waals surface area contributed by atoms with Gasteiger partial charge in [-0.15, -0.1) is 0 Å². The van der Waals surface area contributed by atoms with Gasteiger partial charge >= 0.3 is 0 Å². The number of nitrogens with zero attached hydrogens (tertiary/aromatic N) is 1. The molecule has 0 aromatic rings. The number of likely N-dealkylation sites (tertiary alicyclic amines) is 1. The van der Waals surface area contributed by atoms with Crippen LogP contribution in [0.1, 0.15) is 26.7 Å². The highest BCUT2D eigenvalue weighted by Gasteiger charge is 2.35. The van der Waals surface area contributed by atoms with Crippen molar-refractivity contribution in [1.29, 1.82) is 0 Å². The van der Waals surface area contributed by atoms with Gasteiger partial charge in [0.15, 0.2) is 6.29 Å². The Kier molecular flexibility index (Phi) is 3.45. The van der Waals surface area contributed by atoms with Crippen molar-refractivity contribution in [2.45, 2.75) is 38.3 Å². The first-order valence-electron chi connectivity index (χ1n) is 4.89. The summed E-state index contributed by atoms with van der Waals surface area (Å²) in [7, 11) is 1.62. The van der Waals surface area contributed by atoms with E-state index in [0.717, 1.165) is 32.2 Å². The summed E-state index contributed by atoms with van der Waals surface area (Å²) < 4.78 is 5.30. The second-order valence-electron chi connectivity index (χ2n) is 4.05. The van der Waals surface area contributed by atoms with Crippen LogP contribution in [0.5, 0.6) is 0 Å². The molecule has 0 saturated carbocycles. The third kappa shape index (κ3) is 2.29. The summed E-state index contributed by atoms with van der Waals surface area (Å²) in [6.45, 7) is 6.12.